The number of thioether (sulfide) groups is 1. The Morgan fingerprint density at radius 1 is 1.08 bits per heavy atom. The highest BCUT2D eigenvalue weighted by Crippen LogP contribution is 2.39. The third kappa shape index (κ3) is 6.64. The number of carbonyl (C=O) groups excluding carboxylic acids is 2. The number of thiocarbonyl (C=S) groups is 1. The number of benzene rings is 3. The number of nitrogens with zero attached hydrogens (tertiary/aromatic N) is 1. The van der Waals surface area contributed by atoms with Crippen molar-refractivity contribution in [2.45, 2.75) is 26.0 Å². The highest BCUT2D eigenvalue weighted by Gasteiger charge is 2.42. The Labute approximate surface area is 240 Å². The summed E-state index contributed by atoms with van der Waals surface area (Å²) in [5.74, 6) is 0.259. The second kappa shape index (κ2) is 13.1. The SMILES string of the molecule is CCCOC(=O)C(c1ccccc1)N1C(=O)/C(=C\c2ccc(OCc3cccc(Br)c3)c(OC)c2)SC1=S. The van der Waals surface area contributed by atoms with Gasteiger partial charge in [0.2, 0.25) is 0 Å². The van der Waals surface area contributed by atoms with Crippen LogP contribution < -0.4 is 9.47 Å². The molecule has 38 heavy (non-hydrogen) atoms. The first-order valence-corrected chi connectivity index (χ1v) is 14.0. The molecule has 6 nitrogen and oxygen atoms in total. The summed E-state index contributed by atoms with van der Waals surface area (Å²) >= 11 is 10.2. The van der Waals surface area contributed by atoms with Crippen molar-refractivity contribution in [3.8, 4) is 11.5 Å². The van der Waals surface area contributed by atoms with Crippen molar-refractivity contribution in [2.24, 2.45) is 0 Å². The van der Waals surface area contributed by atoms with Crippen LogP contribution >= 0.6 is 39.9 Å². The molecule has 0 spiro atoms. The molecular formula is C29H26BrNO5S2. The molecule has 3 aromatic rings. The molecule has 1 heterocycles. The van der Waals surface area contributed by atoms with Gasteiger partial charge in [0, 0.05) is 4.47 Å². The van der Waals surface area contributed by atoms with Gasteiger partial charge in [0.25, 0.3) is 5.91 Å². The zero-order valence-corrected chi connectivity index (χ0v) is 24.1. The Bertz CT molecular complexity index is 1360. The lowest BCUT2D eigenvalue weighted by Gasteiger charge is -2.25. The van der Waals surface area contributed by atoms with E-state index < -0.39 is 12.0 Å². The fourth-order valence-electron chi connectivity index (χ4n) is 3.84. The number of halogens is 1. The Balaban J connectivity index is 1.56. The van der Waals surface area contributed by atoms with Crippen molar-refractivity contribution < 1.29 is 23.8 Å². The Morgan fingerprint density at radius 3 is 2.58 bits per heavy atom. The van der Waals surface area contributed by atoms with Gasteiger partial charge in [-0.15, -0.1) is 0 Å². The van der Waals surface area contributed by atoms with Crippen molar-refractivity contribution in [3.05, 3.63) is 98.9 Å². The first-order chi connectivity index (χ1) is 18.4. The van der Waals surface area contributed by atoms with E-state index >= 15 is 0 Å². The van der Waals surface area contributed by atoms with Gasteiger partial charge in [-0.05, 0) is 53.5 Å². The quantitative estimate of drug-likeness (QED) is 0.140. The lowest BCUT2D eigenvalue weighted by Crippen LogP contribution is -2.38. The summed E-state index contributed by atoms with van der Waals surface area (Å²) in [6.45, 7) is 2.56. The number of carbonyl (C=O) groups is 2. The number of amides is 1. The van der Waals surface area contributed by atoms with Gasteiger partial charge >= 0.3 is 5.97 Å². The average molecular weight is 613 g/mol. The molecule has 0 aromatic heterocycles. The van der Waals surface area contributed by atoms with Gasteiger partial charge in [-0.2, -0.15) is 0 Å². The molecule has 4 rings (SSSR count). The molecule has 196 valence electrons. The molecule has 0 saturated carbocycles. The summed E-state index contributed by atoms with van der Waals surface area (Å²) in [5, 5.41) is 0. The van der Waals surface area contributed by atoms with Crippen LogP contribution in [0.3, 0.4) is 0 Å². The van der Waals surface area contributed by atoms with E-state index in [4.69, 9.17) is 26.4 Å². The monoisotopic (exact) mass is 611 g/mol. The Kier molecular flexibility index (Phi) is 9.60. The van der Waals surface area contributed by atoms with Crippen LogP contribution in [0.25, 0.3) is 6.08 Å². The van der Waals surface area contributed by atoms with Gasteiger partial charge in [-0.3, -0.25) is 9.69 Å². The average Bonchev–Trinajstić information content (AvgIpc) is 3.19. The molecule has 0 N–H and O–H groups in total. The number of esters is 1. The van der Waals surface area contributed by atoms with Crippen LogP contribution in [0, 0.1) is 0 Å². The molecule has 3 aromatic carbocycles. The molecule has 1 saturated heterocycles. The number of methoxy groups -OCH3 is 1. The number of hydrogen-bond acceptors (Lipinski definition) is 7. The van der Waals surface area contributed by atoms with Crippen LogP contribution in [0.2, 0.25) is 0 Å². The van der Waals surface area contributed by atoms with E-state index in [0.29, 0.717) is 39.3 Å². The van der Waals surface area contributed by atoms with Gasteiger partial charge in [0.15, 0.2) is 17.5 Å². The summed E-state index contributed by atoms with van der Waals surface area (Å²) in [7, 11) is 1.57. The van der Waals surface area contributed by atoms with Gasteiger partial charge < -0.3 is 14.2 Å². The molecule has 1 aliphatic heterocycles. The van der Waals surface area contributed by atoms with Crippen LogP contribution in [-0.4, -0.2) is 34.8 Å². The van der Waals surface area contributed by atoms with Crippen LogP contribution in [0.4, 0.5) is 0 Å². The van der Waals surface area contributed by atoms with Gasteiger partial charge in [-0.25, -0.2) is 4.79 Å². The topological polar surface area (TPSA) is 65.1 Å². The minimum atomic E-state index is -0.954. The van der Waals surface area contributed by atoms with Crippen LogP contribution in [-0.2, 0) is 20.9 Å². The smallest absolute Gasteiger partial charge is 0.333 e. The summed E-state index contributed by atoms with van der Waals surface area (Å²) < 4.78 is 18.2. The van der Waals surface area contributed by atoms with Gasteiger partial charge in [0.05, 0.1) is 18.6 Å². The fraction of sp³-hybridized carbons (Fsp3) is 0.207. The van der Waals surface area contributed by atoms with E-state index in [1.54, 1.807) is 37.5 Å². The summed E-state index contributed by atoms with van der Waals surface area (Å²) in [6, 6.07) is 21.4. The zero-order valence-electron chi connectivity index (χ0n) is 20.9. The molecule has 1 unspecified atom stereocenters. The molecule has 1 fully saturated rings. The molecule has 0 bridgehead atoms. The largest absolute Gasteiger partial charge is 0.493 e. The third-order valence-corrected chi connectivity index (χ3v) is 7.46. The van der Waals surface area contributed by atoms with Crippen molar-refractivity contribution in [1.29, 1.82) is 0 Å². The van der Waals surface area contributed by atoms with Crippen LogP contribution in [0.1, 0.15) is 36.1 Å². The van der Waals surface area contributed by atoms with Crippen LogP contribution in [0.15, 0.2) is 82.2 Å². The van der Waals surface area contributed by atoms with E-state index in [1.807, 2.05) is 55.5 Å². The predicted molar refractivity (Wildman–Crippen MR) is 157 cm³/mol. The maximum absolute atomic E-state index is 13.5. The van der Waals surface area contributed by atoms with Gasteiger partial charge in [0.1, 0.15) is 10.9 Å². The molecule has 1 aliphatic rings. The molecule has 1 atom stereocenters. The molecule has 0 aliphatic carbocycles. The van der Waals surface area contributed by atoms with E-state index in [0.717, 1.165) is 27.4 Å². The minimum absolute atomic E-state index is 0.266. The molecule has 1 amide bonds. The minimum Gasteiger partial charge on any atom is -0.493 e. The second-order valence-electron chi connectivity index (χ2n) is 8.36. The van der Waals surface area contributed by atoms with E-state index in [9.17, 15) is 9.59 Å². The van der Waals surface area contributed by atoms with Crippen molar-refractivity contribution in [2.75, 3.05) is 13.7 Å². The van der Waals surface area contributed by atoms with Crippen molar-refractivity contribution in [3.63, 3.8) is 0 Å². The van der Waals surface area contributed by atoms with Crippen molar-refractivity contribution in [1.82, 2.24) is 4.90 Å². The first-order valence-electron chi connectivity index (χ1n) is 11.9. The fourth-order valence-corrected chi connectivity index (χ4v) is 5.60. The Hall–Kier alpha value is -3.14. The Morgan fingerprint density at radius 2 is 1.87 bits per heavy atom. The predicted octanol–water partition coefficient (Wildman–Crippen LogP) is 6.93. The lowest BCUT2D eigenvalue weighted by molar-refractivity contribution is -0.151. The summed E-state index contributed by atoms with van der Waals surface area (Å²) in [4.78, 5) is 28.3. The lowest BCUT2D eigenvalue weighted by atomic mass is 10.1. The maximum atomic E-state index is 13.5. The maximum Gasteiger partial charge on any atom is 0.333 e. The highest BCUT2D eigenvalue weighted by atomic mass is 79.9. The molecular weight excluding hydrogens is 586 g/mol. The molecule has 9 heteroatoms. The second-order valence-corrected chi connectivity index (χ2v) is 11.0. The summed E-state index contributed by atoms with van der Waals surface area (Å²) in [5.41, 5.74) is 2.39. The van der Waals surface area contributed by atoms with Crippen molar-refractivity contribution >= 4 is 62.2 Å². The number of ether oxygens (including phenoxy) is 3. The van der Waals surface area contributed by atoms with E-state index in [1.165, 1.54) is 4.90 Å². The number of rotatable bonds is 10. The van der Waals surface area contributed by atoms with E-state index in [2.05, 4.69) is 15.9 Å². The zero-order chi connectivity index (χ0) is 27.1. The third-order valence-electron chi connectivity index (χ3n) is 5.64. The highest BCUT2D eigenvalue weighted by molar-refractivity contribution is 9.10. The summed E-state index contributed by atoms with van der Waals surface area (Å²) in [6.07, 6.45) is 2.41. The first kappa shape index (κ1) is 27.9. The number of hydrogen-bond donors (Lipinski definition) is 0. The normalized spacial score (nSPS) is 15.0. The van der Waals surface area contributed by atoms with Gasteiger partial charge in [-0.1, -0.05) is 95.4 Å². The van der Waals surface area contributed by atoms with E-state index in [-0.39, 0.29) is 12.5 Å². The van der Waals surface area contributed by atoms with Crippen LogP contribution in [0.5, 0.6) is 11.5 Å². The standard InChI is InChI=1S/C29H26BrNO5S2/c1-3-14-35-28(33)26(21-9-5-4-6-10-21)31-27(32)25(38-29(31)37)17-19-12-13-23(24(16-19)34-2)36-18-20-8-7-11-22(30)15-20/h4-13,15-17,26H,3,14,18H2,1-2H3/b25-17+. The molecule has 0 radical (unpaired) electrons.